The molecule has 1 aromatic heterocycles. The van der Waals surface area contributed by atoms with E-state index in [9.17, 15) is 14.4 Å². The fraction of sp³-hybridized carbons (Fsp3) is 0.360. The van der Waals surface area contributed by atoms with Gasteiger partial charge >= 0.3 is 5.97 Å². The standard InChI is InChI=1S/C25H27N3O7S/c1-32-16-7-9-19(21(12-16)33-2)26-22(29)14-36-25-27-20-11-15(24(31)34-3)6-8-18(20)23(30)28(25)13-17-5-4-10-35-17/h6-9,11-12,17H,4-5,10,13-14H2,1-3H3,(H,26,29)/t17-/m1/s1. The topological polar surface area (TPSA) is 118 Å². The van der Waals surface area contributed by atoms with Gasteiger partial charge in [0.25, 0.3) is 5.56 Å². The highest BCUT2D eigenvalue weighted by Crippen LogP contribution is 2.29. The van der Waals surface area contributed by atoms with Gasteiger partial charge in [-0.1, -0.05) is 11.8 Å². The van der Waals surface area contributed by atoms with Crippen LogP contribution >= 0.6 is 11.8 Å². The molecular formula is C25H27N3O7S. The molecule has 0 radical (unpaired) electrons. The van der Waals surface area contributed by atoms with Crippen molar-refractivity contribution in [2.75, 3.05) is 39.0 Å². The number of nitrogens with zero attached hydrogens (tertiary/aromatic N) is 2. The Morgan fingerprint density at radius 1 is 1.17 bits per heavy atom. The Morgan fingerprint density at radius 3 is 2.69 bits per heavy atom. The van der Waals surface area contributed by atoms with Gasteiger partial charge in [-0.05, 0) is 43.2 Å². The van der Waals surface area contributed by atoms with Gasteiger partial charge in [-0.3, -0.25) is 14.2 Å². The molecule has 11 heteroatoms. The monoisotopic (exact) mass is 513 g/mol. The molecule has 1 aliphatic heterocycles. The van der Waals surface area contributed by atoms with Crippen LogP contribution in [0.15, 0.2) is 46.3 Å². The Morgan fingerprint density at radius 2 is 2.00 bits per heavy atom. The molecule has 190 valence electrons. The van der Waals surface area contributed by atoms with Gasteiger partial charge in [0.2, 0.25) is 5.91 Å². The fourth-order valence-electron chi connectivity index (χ4n) is 3.93. The number of amides is 1. The van der Waals surface area contributed by atoms with Crippen molar-refractivity contribution in [2.24, 2.45) is 0 Å². The number of hydrogen-bond donors (Lipinski definition) is 1. The minimum atomic E-state index is -0.524. The summed E-state index contributed by atoms with van der Waals surface area (Å²) in [5, 5.41) is 3.55. The number of esters is 1. The van der Waals surface area contributed by atoms with Crippen molar-refractivity contribution in [2.45, 2.75) is 30.6 Å². The van der Waals surface area contributed by atoms with E-state index in [-0.39, 0.29) is 28.9 Å². The number of benzene rings is 2. The average molecular weight is 514 g/mol. The van der Waals surface area contributed by atoms with E-state index >= 15 is 0 Å². The third kappa shape index (κ3) is 5.63. The molecule has 1 aliphatic rings. The summed E-state index contributed by atoms with van der Waals surface area (Å²) in [7, 11) is 4.34. The lowest BCUT2D eigenvalue weighted by Crippen LogP contribution is -2.29. The van der Waals surface area contributed by atoms with E-state index in [1.807, 2.05) is 0 Å². The second-order valence-electron chi connectivity index (χ2n) is 8.07. The molecule has 1 N–H and O–H groups in total. The number of ether oxygens (including phenoxy) is 4. The van der Waals surface area contributed by atoms with E-state index in [2.05, 4.69) is 10.3 Å². The van der Waals surface area contributed by atoms with Crippen LogP contribution in [0.2, 0.25) is 0 Å². The Hall–Kier alpha value is -3.57. The minimum Gasteiger partial charge on any atom is -0.497 e. The van der Waals surface area contributed by atoms with Gasteiger partial charge in [0.05, 0.1) is 61.9 Å². The molecule has 0 bridgehead atoms. The molecule has 1 fully saturated rings. The fourth-order valence-corrected chi connectivity index (χ4v) is 4.74. The van der Waals surface area contributed by atoms with Gasteiger partial charge in [-0.25, -0.2) is 9.78 Å². The van der Waals surface area contributed by atoms with Crippen LogP contribution in [0.4, 0.5) is 5.69 Å². The van der Waals surface area contributed by atoms with Crippen LogP contribution in [0.25, 0.3) is 10.9 Å². The molecule has 36 heavy (non-hydrogen) atoms. The molecule has 3 aromatic rings. The number of hydrogen-bond acceptors (Lipinski definition) is 9. The lowest BCUT2D eigenvalue weighted by Gasteiger charge is -2.17. The molecule has 4 rings (SSSR count). The summed E-state index contributed by atoms with van der Waals surface area (Å²) in [5.41, 5.74) is 0.877. The number of thioether (sulfide) groups is 1. The van der Waals surface area contributed by atoms with Crippen molar-refractivity contribution in [3.63, 3.8) is 0 Å². The van der Waals surface area contributed by atoms with Crippen molar-refractivity contribution in [1.82, 2.24) is 9.55 Å². The summed E-state index contributed by atoms with van der Waals surface area (Å²) in [4.78, 5) is 42.8. The highest BCUT2D eigenvalue weighted by molar-refractivity contribution is 7.99. The predicted molar refractivity (Wildman–Crippen MR) is 135 cm³/mol. The molecule has 0 aliphatic carbocycles. The lowest BCUT2D eigenvalue weighted by atomic mass is 10.1. The van der Waals surface area contributed by atoms with Crippen LogP contribution in [0.5, 0.6) is 11.5 Å². The van der Waals surface area contributed by atoms with E-state index in [0.29, 0.717) is 46.4 Å². The van der Waals surface area contributed by atoms with E-state index in [0.717, 1.165) is 24.6 Å². The smallest absolute Gasteiger partial charge is 0.337 e. The Balaban J connectivity index is 1.61. The number of aromatic nitrogens is 2. The first-order valence-corrected chi connectivity index (χ1v) is 12.3. The quantitative estimate of drug-likeness (QED) is 0.262. The van der Waals surface area contributed by atoms with Gasteiger partial charge in [0.1, 0.15) is 11.5 Å². The Labute approximate surface area is 211 Å². The molecule has 1 atom stereocenters. The summed E-state index contributed by atoms with van der Waals surface area (Å²) in [6.45, 7) is 0.980. The zero-order valence-corrected chi connectivity index (χ0v) is 21.1. The number of nitrogens with one attached hydrogen (secondary N) is 1. The van der Waals surface area contributed by atoms with Crippen LogP contribution in [0.3, 0.4) is 0 Å². The van der Waals surface area contributed by atoms with Gasteiger partial charge in [-0.2, -0.15) is 0 Å². The van der Waals surface area contributed by atoms with E-state index in [1.54, 1.807) is 35.9 Å². The molecular weight excluding hydrogens is 486 g/mol. The van der Waals surface area contributed by atoms with Gasteiger partial charge in [0, 0.05) is 12.7 Å². The SMILES string of the molecule is COC(=O)c1ccc2c(=O)n(C[C@H]3CCCO3)c(SCC(=O)Nc3ccc(OC)cc3OC)nc2c1. The van der Waals surface area contributed by atoms with E-state index in [1.165, 1.54) is 26.4 Å². The predicted octanol–water partition coefficient (Wildman–Crippen LogP) is 3.11. The van der Waals surface area contributed by atoms with Gasteiger partial charge < -0.3 is 24.3 Å². The number of fused-ring (bicyclic) bond motifs is 1. The van der Waals surface area contributed by atoms with Crippen molar-refractivity contribution < 1.29 is 28.5 Å². The summed E-state index contributed by atoms with van der Waals surface area (Å²) in [5.74, 6) is 0.232. The molecule has 0 saturated carbocycles. The summed E-state index contributed by atoms with van der Waals surface area (Å²) in [6.07, 6.45) is 1.67. The van der Waals surface area contributed by atoms with Crippen molar-refractivity contribution in [3.05, 3.63) is 52.3 Å². The number of carbonyl (C=O) groups is 2. The first-order valence-electron chi connectivity index (χ1n) is 11.3. The maximum Gasteiger partial charge on any atom is 0.337 e. The molecule has 0 spiro atoms. The molecule has 10 nitrogen and oxygen atoms in total. The van der Waals surface area contributed by atoms with Crippen molar-refractivity contribution in [1.29, 1.82) is 0 Å². The lowest BCUT2D eigenvalue weighted by molar-refractivity contribution is -0.113. The normalized spacial score (nSPS) is 15.0. The van der Waals surface area contributed by atoms with Crippen LogP contribution in [0.1, 0.15) is 23.2 Å². The Bertz CT molecular complexity index is 1340. The first kappa shape index (κ1) is 25.5. The highest BCUT2D eigenvalue weighted by Gasteiger charge is 2.21. The number of carbonyl (C=O) groups excluding carboxylic acids is 2. The zero-order valence-electron chi connectivity index (χ0n) is 20.2. The molecule has 1 amide bonds. The first-order chi connectivity index (χ1) is 17.4. The van der Waals surface area contributed by atoms with Crippen LogP contribution in [-0.4, -0.2) is 61.2 Å². The average Bonchev–Trinajstić information content (AvgIpc) is 3.42. The van der Waals surface area contributed by atoms with Crippen LogP contribution in [-0.2, 0) is 20.8 Å². The number of anilines is 1. The maximum absolute atomic E-state index is 13.4. The van der Waals surface area contributed by atoms with Gasteiger partial charge in [-0.15, -0.1) is 0 Å². The summed E-state index contributed by atoms with van der Waals surface area (Å²) < 4.78 is 22.6. The number of rotatable bonds is 9. The second kappa shape index (κ2) is 11.4. The van der Waals surface area contributed by atoms with Crippen LogP contribution in [0, 0.1) is 0 Å². The van der Waals surface area contributed by atoms with Crippen molar-refractivity contribution >= 4 is 40.2 Å². The molecule has 2 aromatic carbocycles. The Kier molecular flexibility index (Phi) is 8.11. The van der Waals surface area contributed by atoms with E-state index in [4.69, 9.17) is 18.9 Å². The molecule has 0 unspecified atom stereocenters. The number of methoxy groups -OCH3 is 3. The molecule has 1 saturated heterocycles. The minimum absolute atomic E-state index is 0.00462. The molecule has 2 heterocycles. The third-order valence-electron chi connectivity index (χ3n) is 5.77. The summed E-state index contributed by atoms with van der Waals surface area (Å²) >= 11 is 1.13. The third-order valence-corrected chi connectivity index (χ3v) is 6.74. The maximum atomic E-state index is 13.4. The largest absolute Gasteiger partial charge is 0.497 e. The summed E-state index contributed by atoms with van der Waals surface area (Å²) in [6, 6.07) is 9.71. The van der Waals surface area contributed by atoms with E-state index < -0.39 is 5.97 Å². The zero-order chi connectivity index (χ0) is 25.7. The van der Waals surface area contributed by atoms with Crippen molar-refractivity contribution in [3.8, 4) is 11.5 Å². The highest BCUT2D eigenvalue weighted by atomic mass is 32.2. The van der Waals surface area contributed by atoms with Gasteiger partial charge in [0.15, 0.2) is 5.16 Å². The van der Waals surface area contributed by atoms with Crippen LogP contribution < -0.4 is 20.3 Å². The second-order valence-corrected chi connectivity index (χ2v) is 9.01.